The van der Waals surface area contributed by atoms with Gasteiger partial charge in [0.1, 0.15) is 5.75 Å². The number of carbonyl (C=O) groups excluding carboxylic acids is 2. The van der Waals surface area contributed by atoms with E-state index < -0.39 is 0 Å². The van der Waals surface area contributed by atoms with Crippen LogP contribution in [0.1, 0.15) is 24.8 Å². The van der Waals surface area contributed by atoms with Crippen LogP contribution in [0, 0.1) is 18.3 Å². The van der Waals surface area contributed by atoms with Crippen molar-refractivity contribution in [1.82, 2.24) is 10.2 Å². The lowest BCUT2D eigenvalue weighted by molar-refractivity contribution is -0.130. The monoisotopic (exact) mass is 381 g/mol. The van der Waals surface area contributed by atoms with Gasteiger partial charge in [0.2, 0.25) is 5.91 Å². The normalized spacial score (nSPS) is 20.0. The molecule has 1 spiro atoms. The number of ether oxygens (including phenoxy) is 1. The quantitative estimate of drug-likeness (QED) is 0.820. The molecule has 1 saturated carbocycles. The van der Waals surface area contributed by atoms with Crippen molar-refractivity contribution in [3.63, 3.8) is 0 Å². The van der Waals surface area contributed by atoms with Crippen molar-refractivity contribution >= 4 is 29.9 Å². The molecule has 0 bridgehead atoms. The fourth-order valence-electron chi connectivity index (χ4n) is 3.54. The summed E-state index contributed by atoms with van der Waals surface area (Å²) < 4.78 is 5.66. The number of benzene rings is 1. The molecule has 0 aromatic heterocycles. The van der Waals surface area contributed by atoms with Gasteiger partial charge in [-0.15, -0.1) is 12.4 Å². The average molecular weight is 382 g/mol. The standard InChI is InChI=1S/C19H27N3O3.ClH/c1-13-4-5-15(16(10-13)25-12-17(23)22(2)3)21-18(24)14-11-19(14)6-8-20-9-7-19;/h4-5,10,14,20H,6-9,11-12H2,1-3H3,(H,21,24);1H. The molecule has 1 atom stereocenters. The molecule has 1 unspecified atom stereocenters. The van der Waals surface area contributed by atoms with E-state index in [1.165, 1.54) is 4.90 Å². The van der Waals surface area contributed by atoms with Gasteiger partial charge < -0.3 is 20.3 Å². The second kappa shape index (κ2) is 8.27. The number of likely N-dealkylation sites (N-methyl/N-ethyl adjacent to an activating group) is 1. The Labute approximate surface area is 161 Å². The molecule has 2 N–H and O–H groups in total. The van der Waals surface area contributed by atoms with Crippen LogP contribution < -0.4 is 15.4 Å². The van der Waals surface area contributed by atoms with Gasteiger partial charge in [0.15, 0.2) is 6.61 Å². The van der Waals surface area contributed by atoms with Crippen LogP contribution in [0.15, 0.2) is 18.2 Å². The van der Waals surface area contributed by atoms with Gasteiger partial charge in [-0.25, -0.2) is 0 Å². The molecule has 1 aliphatic carbocycles. The van der Waals surface area contributed by atoms with Crippen molar-refractivity contribution in [1.29, 1.82) is 0 Å². The molecule has 6 nitrogen and oxygen atoms in total. The summed E-state index contributed by atoms with van der Waals surface area (Å²) in [7, 11) is 3.38. The number of piperidine rings is 1. The van der Waals surface area contributed by atoms with Crippen LogP contribution in [-0.4, -0.2) is 50.5 Å². The third-order valence-corrected chi connectivity index (χ3v) is 5.35. The van der Waals surface area contributed by atoms with Crippen molar-refractivity contribution in [2.45, 2.75) is 26.2 Å². The maximum absolute atomic E-state index is 12.7. The minimum Gasteiger partial charge on any atom is -0.482 e. The highest BCUT2D eigenvalue weighted by atomic mass is 35.5. The number of nitrogens with one attached hydrogen (secondary N) is 2. The van der Waals surface area contributed by atoms with Crippen LogP contribution in [0.5, 0.6) is 5.75 Å². The first kappa shape index (κ1) is 20.5. The molecule has 1 aliphatic heterocycles. The van der Waals surface area contributed by atoms with Crippen LogP contribution >= 0.6 is 12.4 Å². The van der Waals surface area contributed by atoms with Crippen molar-refractivity contribution in [2.75, 3.05) is 39.1 Å². The Morgan fingerprint density at radius 2 is 2.00 bits per heavy atom. The fourth-order valence-corrected chi connectivity index (χ4v) is 3.54. The van der Waals surface area contributed by atoms with E-state index in [4.69, 9.17) is 4.74 Å². The molecule has 1 saturated heterocycles. The lowest BCUT2D eigenvalue weighted by Crippen LogP contribution is -2.31. The predicted molar refractivity (Wildman–Crippen MR) is 104 cm³/mol. The minimum absolute atomic E-state index is 0. The van der Waals surface area contributed by atoms with Gasteiger partial charge in [0.05, 0.1) is 5.69 Å². The molecular formula is C19H28ClN3O3. The van der Waals surface area contributed by atoms with Crippen LogP contribution in [-0.2, 0) is 9.59 Å². The van der Waals surface area contributed by atoms with E-state index in [2.05, 4.69) is 10.6 Å². The summed E-state index contributed by atoms with van der Waals surface area (Å²) in [4.78, 5) is 25.9. The Morgan fingerprint density at radius 1 is 1.31 bits per heavy atom. The molecule has 1 aromatic rings. The first-order valence-corrected chi connectivity index (χ1v) is 8.86. The van der Waals surface area contributed by atoms with Crippen molar-refractivity contribution in [3.8, 4) is 5.75 Å². The van der Waals surface area contributed by atoms with Gasteiger partial charge in [-0.1, -0.05) is 6.07 Å². The molecular weight excluding hydrogens is 354 g/mol. The topological polar surface area (TPSA) is 70.7 Å². The molecule has 144 valence electrons. The number of halogens is 1. The molecule has 2 aliphatic rings. The summed E-state index contributed by atoms with van der Waals surface area (Å²) in [5.74, 6) is 0.583. The van der Waals surface area contributed by atoms with Crippen molar-refractivity contribution in [3.05, 3.63) is 23.8 Å². The van der Waals surface area contributed by atoms with E-state index >= 15 is 0 Å². The third-order valence-electron chi connectivity index (χ3n) is 5.35. The Kier molecular flexibility index (Phi) is 6.53. The molecule has 3 rings (SSSR count). The van der Waals surface area contributed by atoms with E-state index in [0.29, 0.717) is 11.4 Å². The van der Waals surface area contributed by atoms with Gasteiger partial charge in [-0.05, 0) is 62.4 Å². The Hall–Kier alpha value is -1.79. The second-order valence-corrected chi connectivity index (χ2v) is 7.43. The van der Waals surface area contributed by atoms with Crippen molar-refractivity contribution < 1.29 is 14.3 Å². The summed E-state index contributed by atoms with van der Waals surface area (Å²) in [6, 6.07) is 5.63. The third kappa shape index (κ3) is 4.48. The van der Waals surface area contributed by atoms with Gasteiger partial charge in [0.25, 0.3) is 5.91 Å². The number of nitrogens with zero attached hydrogens (tertiary/aromatic N) is 1. The van der Waals surface area contributed by atoms with Gasteiger partial charge in [-0.2, -0.15) is 0 Å². The highest BCUT2D eigenvalue weighted by Gasteiger charge is 2.57. The lowest BCUT2D eigenvalue weighted by Gasteiger charge is -2.23. The number of hydrogen-bond acceptors (Lipinski definition) is 4. The maximum atomic E-state index is 12.7. The van der Waals surface area contributed by atoms with Gasteiger partial charge >= 0.3 is 0 Å². The first-order chi connectivity index (χ1) is 11.9. The zero-order valence-electron chi connectivity index (χ0n) is 15.6. The van der Waals surface area contributed by atoms with E-state index in [0.717, 1.165) is 37.9 Å². The van der Waals surface area contributed by atoms with Gasteiger partial charge in [0, 0.05) is 20.0 Å². The van der Waals surface area contributed by atoms with E-state index in [1.807, 2.05) is 25.1 Å². The molecule has 26 heavy (non-hydrogen) atoms. The first-order valence-electron chi connectivity index (χ1n) is 8.86. The molecule has 2 fully saturated rings. The Bertz CT molecular complexity index is 672. The number of hydrogen-bond donors (Lipinski definition) is 2. The summed E-state index contributed by atoms with van der Waals surface area (Å²) >= 11 is 0. The van der Waals surface area contributed by atoms with E-state index in [9.17, 15) is 9.59 Å². The summed E-state index contributed by atoms with van der Waals surface area (Å²) in [6.45, 7) is 3.90. The molecule has 1 heterocycles. The number of anilines is 1. The van der Waals surface area contributed by atoms with Crippen LogP contribution in [0.3, 0.4) is 0 Å². The zero-order chi connectivity index (χ0) is 18.0. The van der Waals surface area contributed by atoms with Crippen LogP contribution in [0.25, 0.3) is 0 Å². The number of aryl methyl sites for hydroxylation is 1. The Balaban J connectivity index is 0.00000243. The largest absolute Gasteiger partial charge is 0.482 e. The average Bonchev–Trinajstić information content (AvgIpc) is 3.28. The second-order valence-electron chi connectivity index (χ2n) is 7.43. The van der Waals surface area contributed by atoms with Crippen LogP contribution in [0.2, 0.25) is 0 Å². The fraction of sp³-hybridized carbons (Fsp3) is 0.579. The highest BCUT2D eigenvalue weighted by Crippen LogP contribution is 2.58. The predicted octanol–water partition coefficient (Wildman–Crippen LogP) is 2.21. The molecule has 1 aromatic carbocycles. The van der Waals surface area contributed by atoms with E-state index in [1.54, 1.807) is 14.1 Å². The highest BCUT2D eigenvalue weighted by molar-refractivity contribution is 5.96. The number of carbonyl (C=O) groups is 2. The summed E-state index contributed by atoms with van der Waals surface area (Å²) in [5.41, 5.74) is 1.85. The number of rotatable bonds is 5. The zero-order valence-corrected chi connectivity index (χ0v) is 16.4. The van der Waals surface area contributed by atoms with Crippen molar-refractivity contribution in [2.24, 2.45) is 11.3 Å². The minimum atomic E-state index is -0.116. The lowest BCUT2D eigenvalue weighted by atomic mass is 9.92. The van der Waals surface area contributed by atoms with Gasteiger partial charge in [-0.3, -0.25) is 9.59 Å². The van der Waals surface area contributed by atoms with Crippen LogP contribution in [0.4, 0.5) is 5.69 Å². The smallest absolute Gasteiger partial charge is 0.259 e. The maximum Gasteiger partial charge on any atom is 0.259 e. The van der Waals surface area contributed by atoms with E-state index in [-0.39, 0.29) is 42.2 Å². The summed E-state index contributed by atoms with van der Waals surface area (Å²) in [5, 5.41) is 6.37. The SMILES string of the molecule is Cc1ccc(NC(=O)C2CC23CCNCC3)c(OCC(=O)N(C)C)c1.Cl. The summed E-state index contributed by atoms with van der Waals surface area (Å²) in [6.07, 6.45) is 3.11. The molecule has 7 heteroatoms. The molecule has 2 amide bonds. The molecule has 0 radical (unpaired) electrons. The Morgan fingerprint density at radius 3 is 2.65 bits per heavy atom. The number of amides is 2.